The number of rotatable bonds is 5. The zero-order chi connectivity index (χ0) is 14.5. The highest BCUT2D eigenvalue weighted by molar-refractivity contribution is 5.89. The van der Waals surface area contributed by atoms with E-state index in [1.165, 1.54) is 0 Å². The molecular weight excluding hydrogens is 230 g/mol. The van der Waals surface area contributed by atoms with E-state index in [1.54, 1.807) is 6.92 Å². The van der Waals surface area contributed by atoms with E-state index in [1.807, 2.05) is 34.6 Å². The van der Waals surface area contributed by atoms with Gasteiger partial charge in [-0.05, 0) is 18.3 Å². The van der Waals surface area contributed by atoms with Crippen LogP contribution in [-0.4, -0.2) is 30.4 Å². The Hall–Kier alpha value is -1.10. The van der Waals surface area contributed by atoms with Crippen LogP contribution in [0.3, 0.4) is 0 Å². The van der Waals surface area contributed by atoms with Gasteiger partial charge in [-0.1, -0.05) is 34.6 Å². The van der Waals surface area contributed by atoms with Crippen LogP contribution in [0, 0.1) is 11.3 Å². The van der Waals surface area contributed by atoms with Crippen molar-refractivity contribution in [3.8, 4) is 0 Å². The molecule has 106 valence electrons. The van der Waals surface area contributed by atoms with Crippen molar-refractivity contribution < 1.29 is 9.59 Å². The maximum atomic E-state index is 11.8. The Morgan fingerprint density at radius 3 is 2.00 bits per heavy atom. The number of carbonyl (C=O) groups is 2. The first-order valence-corrected chi connectivity index (χ1v) is 6.39. The van der Waals surface area contributed by atoms with Crippen LogP contribution in [0.15, 0.2) is 0 Å². The third kappa shape index (κ3) is 6.00. The van der Waals surface area contributed by atoms with E-state index in [0.29, 0.717) is 12.5 Å². The Bertz CT molecular complexity index is 295. The normalized spacial score (nSPS) is 15.1. The molecule has 18 heavy (non-hydrogen) atoms. The molecule has 0 rings (SSSR count). The number of nitrogens with two attached hydrogens (primary N) is 1. The monoisotopic (exact) mass is 257 g/mol. The van der Waals surface area contributed by atoms with Crippen molar-refractivity contribution in [3.05, 3.63) is 0 Å². The summed E-state index contributed by atoms with van der Waals surface area (Å²) in [7, 11) is 0. The molecule has 2 unspecified atom stereocenters. The van der Waals surface area contributed by atoms with Gasteiger partial charge in [-0.25, -0.2) is 0 Å². The van der Waals surface area contributed by atoms with E-state index in [-0.39, 0.29) is 17.2 Å². The lowest BCUT2D eigenvalue weighted by Gasteiger charge is -2.27. The highest BCUT2D eigenvalue weighted by Crippen LogP contribution is 2.17. The molecule has 0 heterocycles. The molecule has 5 nitrogen and oxygen atoms in total. The van der Waals surface area contributed by atoms with Gasteiger partial charge >= 0.3 is 0 Å². The zero-order valence-electron chi connectivity index (χ0n) is 12.3. The first kappa shape index (κ1) is 16.9. The van der Waals surface area contributed by atoms with E-state index in [0.717, 1.165) is 0 Å². The molecule has 0 saturated heterocycles. The molecule has 0 aromatic rings. The number of hydrogen-bond acceptors (Lipinski definition) is 3. The molecule has 0 aromatic carbocycles. The van der Waals surface area contributed by atoms with Gasteiger partial charge in [-0.2, -0.15) is 0 Å². The summed E-state index contributed by atoms with van der Waals surface area (Å²) in [6.07, 6.45) is 0. The largest absolute Gasteiger partial charge is 0.354 e. The number of hydrogen-bond donors (Lipinski definition) is 3. The molecule has 2 amide bonds. The predicted octanol–water partition coefficient (Wildman–Crippen LogP) is 0.637. The number of amides is 2. The van der Waals surface area contributed by atoms with Crippen LogP contribution in [0.25, 0.3) is 0 Å². The average Bonchev–Trinajstić information content (AvgIpc) is 2.22. The Kier molecular flexibility index (Phi) is 6.32. The lowest BCUT2D eigenvalue weighted by molar-refractivity contribution is -0.130. The van der Waals surface area contributed by atoms with Crippen molar-refractivity contribution in [2.24, 2.45) is 17.1 Å². The Morgan fingerprint density at radius 1 is 1.11 bits per heavy atom. The van der Waals surface area contributed by atoms with Gasteiger partial charge in [0.05, 0.1) is 6.04 Å². The molecule has 0 aliphatic heterocycles. The minimum atomic E-state index is -0.627. The average molecular weight is 257 g/mol. The third-order valence-electron chi connectivity index (χ3n) is 2.65. The van der Waals surface area contributed by atoms with Crippen molar-refractivity contribution in [1.29, 1.82) is 0 Å². The van der Waals surface area contributed by atoms with Gasteiger partial charge in [0, 0.05) is 6.54 Å². The van der Waals surface area contributed by atoms with Gasteiger partial charge in [0.2, 0.25) is 11.8 Å². The minimum absolute atomic E-state index is 0.182. The Balaban J connectivity index is 4.27. The molecule has 0 aromatic heterocycles. The fourth-order valence-electron chi connectivity index (χ4n) is 1.22. The smallest absolute Gasteiger partial charge is 0.242 e. The van der Waals surface area contributed by atoms with Gasteiger partial charge in [0.25, 0.3) is 0 Å². The molecule has 4 N–H and O–H groups in total. The molecule has 0 aliphatic rings. The molecule has 0 bridgehead atoms. The standard InChI is InChI=1S/C13H27N3O2/c1-8(2)7-15-11(17)9(3)16-12(18)10(14)13(4,5)6/h8-10H,7,14H2,1-6H3,(H,15,17)(H,16,18). The summed E-state index contributed by atoms with van der Waals surface area (Å²) in [6, 6.07) is -1.19. The number of nitrogens with one attached hydrogen (secondary N) is 2. The van der Waals surface area contributed by atoms with Crippen molar-refractivity contribution in [2.75, 3.05) is 6.54 Å². The molecule has 0 aliphatic carbocycles. The SMILES string of the molecule is CC(C)CNC(=O)C(C)NC(=O)C(N)C(C)(C)C. The molecule has 0 radical (unpaired) electrons. The number of carbonyl (C=O) groups excluding carboxylic acids is 2. The molecule has 0 fully saturated rings. The van der Waals surface area contributed by atoms with E-state index < -0.39 is 12.1 Å². The highest BCUT2D eigenvalue weighted by atomic mass is 16.2. The summed E-state index contributed by atoms with van der Waals surface area (Å²) < 4.78 is 0. The maximum Gasteiger partial charge on any atom is 0.242 e. The topological polar surface area (TPSA) is 84.2 Å². The Labute approximate surface area is 110 Å². The second-order valence-electron chi connectivity index (χ2n) is 6.21. The molecular formula is C13H27N3O2. The highest BCUT2D eigenvalue weighted by Gasteiger charge is 2.29. The Morgan fingerprint density at radius 2 is 1.61 bits per heavy atom. The summed E-state index contributed by atoms with van der Waals surface area (Å²) in [5, 5.41) is 5.40. The van der Waals surface area contributed by atoms with Crippen LogP contribution >= 0.6 is 0 Å². The third-order valence-corrected chi connectivity index (χ3v) is 2.65. The van der Waals surface area contributed by atoms with Crippen LogP contribution < -0.4 is 16.4 Å². The van der Waals surface area contributed by atoms with Crippen molar-refractivity contribution in [2.45, 2.75) is 53.6 Å². The van der Waals surface area contributed by atoms with Crippen LogP contribution in [0.1, 0.15) is 41.5 Å². The predicted molar refractivity (Wildman–Crippen MR) is 72.9 cm³/mol. The van der Waals surface area contributed by atoms with Gasteiger partial charge in [0.15, 0.2) is 0 Å². The van der Waals surface area contributed by atoms with E-state index in [2.05, 4.69) is 10.6 Å². The van der Waals surface area contributed by atoms with Crippen molar-refractivity contribution in [1.82, 2.24) is 10.6 Å². The fraction of sp³-hybridized carbons (Fsp3) is 0.846. The molecule has 2 atom stereocenters. The van der Waals surface area contributed by atoms with Crippen LogP contribution in [0.5, 0.6) is 0 Å². The van der Waals surface area contributed by atoms with Crippen LogP contribution in [-0.2, 0) is 9.59 Å². The summed E-state index contributed by atoms with van der Waals surface area (Å²) >= 11 is 0. The van der Waals surface area contributed by atoms with Gasteiger partial charge in [0.1, 0.15) is 6.04 Å². The van der Waals surface area contributed by atoms with E-state index >= 15 is 0 Å². The summed E-state index contributed by atoms with van der Waals surface area (Å²) in [6.45, 7) is 12.0. The first-order valence-electron chi connectivity index (χ1n) is 6.39. The summed E-state index contributed by atoms with van der Waals surface area (Å²) in [5.74, 6) is -0.0958. The maximum absolute atomic E-state index is 11.8. The van der Waals surface area contributed by atoms with E-state index in [9.17, 15) is 9.59 Å². The molecule has 5 heteroatoms. The lowest BCUT2D eigenvalue weighted by atomic mass is 9.87. The minimum Gasteiger partial charge on any atom is -0.354 e. The van der Waals surface area contributed by atoms with Crippen molar-refractivity contribution >= 4 is 11.8 Å². The van der Waals surface area contributed by atoms with Gasteiger partial charge < -0.3 is 16.4 Å². The fourth-order valence-corrected chi connectivity index (χ4v) is 1.22. The second kappa shape index (κ2) is 6.73. The van der Waals surface area contributed by atoms with Gasteiger partial charge in [-0.3, -0.25) is 9.59 Å². The lowest BCUT2D eigenvalue weighted by Crippen LogP contribution is -2.54. The molecule has 0 saturated carbocycles. The summed E-state index contributed by atoms with van der Waals surface area (Å²) in [5.41, 5.74) is 5.50. The van der Waals surface area contributed by atoms with Crippen LogP contribution in [0.2, 0.25) is 0 Å². The summed E-state index contributed by atoms with van der Waals surface area (Å²) in [4.78, 5) is 23.5. The zero-order valence-corrected chi connectivity index (χ0v) is 12.3. The van der Waals surface area contributed by atoms with E-state index in [4.69, 9.17) is 5.73 Å². The second-order valence-corrected chi connectivity index (χ2v) is 6.21. The van der Waals surface area contributed by atoms with Crippen molar-refractivity contribution in [3.63, 3.8) is 0 Å². The molecule has 0 spiro atoms. The quantitative estimate of drug-likeness (QED) is 0.675. The van der Waals surface area contributed by atoms with Crippen LogP contribution in [0.4, 0.5) is 0 Å². The van der Waals surface area contributed by atoms with Gasteiger partial charge in [-0.15, -0.1) is 0 Å². The first-order chi connectivity index (χ1) is 8.05.